The summed E-state index contributed by atoms with van der Waals surface area (Å²) >= 11 is 0. The summed E-state index contributed by atoms with van der Waals surface area (Å²) in [5.74, 6) is 3.13. The van der Waals surface area contributed by atoms with E-state index in [4.69, 9.17) is 9.47 Å². The molecule has 0 radical (unpaired) electrons. The minimum atomic E-state index is 0. The van der Waals surface area contributed by atoms with E-state index < -0.39 is 0 Å². The Hall–Kier alpha value is -1.71. The van der Waals surface area contributed by atoms with Crippen LogP contribution in [0, 0.1) is 5.92 Å². The minimum absolute atomic E-state index is 0. The fraction of sp³-hybridized carbons (Fsp3) is 0.636. The number of amides is 1. The van der Waals surface area contributed by atoms with Crippen LogP contribution in [0.3, 0.4) is 0 Å². The number of halogens is 1. The van der Waals surface area contributed by atoms with Crippen LogP contribution in [-0.4, -0.2) is 57.7 Å². The summed E-state index contributed by atoms with van der Waals surface area (Å²) in [6, 6.07) is 4.12. The summed E-state index contributed by atoms with van der Waals surface area (Å²) in [6.45, 7) is 2.93. The number of nitrogens with zero attached hydrogens (tertiary/aromatic N) is 2. The molecule has 0 spiro atoms. The Kier molecular flexibility index (Phi) is 10.0. The number of carbonyl (C=O) groups is 1. The van der Waals surface area contributed by atoms with Gasteiger partial charge in [0.1, 0.15) is 0 Å². The number of carbonyl (C=O) groups excluding carboxylic acids is 1. The third kappa shape index (κ3) is 6.39. The van der Waals surface area contributed by atoms with E-state index in [1.807, 2.05) is 0 Å². The molecule has 168 valence electrons. The van der Waals surface area contributed by atoms with Crippen molar-refractivity contribution in [3.63, 3.8) is 0 Å². The number of guanidine groups is 1. The van der Waals surface area contributed by atoms with Crippen molar-refractivity contribution in [1.82, 2.24) is 15.5 Å². The molecule has 1 saturated carbocycles. The lowest BCUT2D eigenvalue weighted by molar-refractivity contribution is -0.121. The highest BCUT2D eigenvalue weighted by molar-refractivity contribution is 14.0. The first-order chi connectivity index (χ1) is 14.1. The Morgan fingerprint density at radius 3 is 2.37 bits per heavy atom. The maximum atomic E-state index is 12.1. The summed E-state index contributed by atoms with van der Waals surface area (Å²) in [7, 11) is 5.12. The van der Waals surface area contributed by atoms with Crippen molar-refractivity contribution in [2.45, 2.75) is 45.1 Å². The van der Waals surface area contributed by atoms with E-state index in [2.05, 4.69) is 32.7 Å². The summed E-state index contributed by atoms with van der Waals surface area (Å²) in [6.07, 6.45) is 6.54. The molecule has 1 heterocycles. The zero-order valence-corrected chi connectivity index (χ0v) is 20.7. The molecule has 3 rings (SSSR count). The van der Waals surface area contributed by atoms with Crippen molar-refractivity contribution >= 4 is 35.8 Å². The maximum Gasteiger partial charge on any atom is 0.220 e. The Morgan fingerprint density at radius 2 is 1.73 bits per heavy atom. The van der Waals surface area contributed by atoms with Gasteiger partial charge in [0, 0.05) is 39.6 Å². The molecule has 1 fully saturated rings. The second-order valence-electron chi connectivity index (χ2n) is 7.83. The van der Waals surface area contributed by atoms with Crippen LogP contribution in [0.25, 0.3) is 0 Å². The van der Waals surface area contributed by atoms with E-state index in [9.17, 15) is 4.79 Å². The van der Waals surface area contributed by atoms with E-state index >= 15 is 0 Å². The lowest BCUT2D eigenvalue weighted by Gasteiger charge is -2.32. The molecule has 0 unspecified atom stereocenters. The van der Waals surface area contributed by atoms with Crippen molar-refractivity contribution in [1.29, 1.82) is 0 Å². The molecule has 2 N–H and O–H groups in total. The van der Waals surface area contributed by atoms with Gasteiger partial charge in [-0.05, 0) is 48.4 Å². The Morgan fingerprint density at radius 1 is 1.10 bits per heavy atom. The number of hydrogen-bond acceptors (Lipinski definition) is 4. The van der Waals surface area contributed by atoms with E-state index in [-0.39, 0.29) is 29.9 Å². The van der Waals surface area contributed by atoms with Gasteiger partial charge in [-0.3, -0.25) is 9.79 Å². The van der Waals surface area contributed by atoms with Gasteiger partial charge in [0.25, 0.3) is 0 Å². The van der Waals surface area contributed by atoms with Crippen LogP contribution in [0.15, 0.2) is 17.1 Å². The van der Waals surface area contributed by atoms with Crippen LogP contribution in [0.1, 0.15) is 43.2 Å². The zero-order valence-electron chi connectivity index (χ0n) is 18.3. The number of hydrogen-bond donors (Lipinski definition) is 2. The lowest BCUT2D eigenvalue weighted by atomic mass is 9.99. The molecule has 8 heteroatoms. The van der Waals surface area contributed by atoms with Gasteiger partial charge in [-0.25, -0.2) is 0 Å². The zero-order chi connectivity index (χ0) is 20.6. The third-order valence-corrected chi connectivity index (χ3v) is 5.91. The van der Waals surface area contributed by atoms with Gasteiger partial charge in [0.2, 0.25) is 5.91 Å². The van der Waals surface area contributed by atoms with Gasteiger partial charge in [-0.15, -0.1) is 24.0 Å². The van der Waals surface area contributed by atoms with Crippen molar-refractivity contribution in [3.05, 3.63) is 23.3 Å². The molecular formula is C22H35IN4O3. The highest BCUT2D eigenvalue weighted by Crippen LogP contribution is 2.33. The van der Waals surface area contributed by atoms with E-state index in [0.717, 1.165) is 37.0 Å². The monoisotopic (exact) mass is 530 g/mol. The molecule has 1 aromatic carbocycles. The molecule has 0 bridgehead atoms. The van der Waals surface area contributed by atoms with Crippen molar-refractivity contribution in [2.24, 2.45) is 10.9 Å². The first-order valence-electron chi connectivity index (χ1n) is 10.6. The van der Waals surface area contributed by atoms with Crippen molar-refractivity contribution in [2.75, 3.05) is 40.9 Å². The molecule has 0 atom stereocenters. The van der Waals surface area contributed by atoms with Crippen LogP contribution in [0.2, 0.25) is 0 Å². The van der Waals surface area contributed by atoms with Crippen LogP contribution in [0.5, 0.6) is 11.5 Å². The quantitative estimate of drug-likeness (QED) is 0.246. The van der Waals surface area contributed by atoms with E-state index in [1.165, 1.54) is 36.8 Å². The summed E-state index contributed by atoms with van der Waals surface area (Å²) < 4.78 is 10.9. The fourth-order valence-corrected chi connectivity index (χ4v) is 4.32. The predicted molar refractivity (Wildman–Crippen MR) is 130 cm³/mol. The molecular weight excluding hydrogens is 495 g/mol. The Bertz CT molecular complexity index is 735. The average Bonchev–Trinajstić information content (AvgIpc) is 3.25. The number of fused-ring (bicyclic) bond motifs is 1. The number of nitrogens with one attached hydrogen (secondary N) is 2. The van der Waals surface area contributed by atoms with Crippen LogP contribution < -0.4 is 20.1 Å². The molecule has 1 amide bonds. The molecule has 0 saturated heterocycles. The number of ether oxygens (including phenoxy) is 2. The van der Waals surface area contributed by atoms with Gasteiger partial charge in [0.15, 0.2) is 17.5 Å². The number of methoxy groups -OCH3 is 2. The molecule has 30 heavy (non-hydrogen) atoms. The van der Waals surface area contributed by atoms with Crippen LogP contribution >= 0.6 is 24.0 Å². The molecule has 1 aliphatic heterocycles. The smallest absolute Gasteiger partial charge is 0.220 e. The summed E-state index contributed by atoms with van der Waals surface area (Å²) in [5.41, 5.74) is 2.51. The highest BCUT2D eigenvalue weighted by Gasteiger charge is 2.22. The standard InChI is InChI=1S/C22H34N4O3.HI/c1-23-22(25-10-9-24-21(27)12-16-6-4-5-7-16)26-11-8-17-13-19(28-2)20(29-3)14-18(17)15-26;/h13-14,16H,4-12,15H2,1-3H3,(H,23,25)(H,24,27);1H. The molecule has 0 aromatic heterocycles. The van der Waals surface area contributed by atoms with Gasteiger partial charge in [-0.2, -0.15) is 0 Å². The summed E-state index contributed by atoms with van der Waals surface area (Å²) in [5, 5.41) is 6.41. The minimum Gasteiger partial charge on any atom is -0.493 e. The summed E-state index contributed by atoms with van der Waals surface area (Å²) in [4.78, 5) is 18.7. The number of rotatable bonds is 7. The first-order valence-corrected chi connectivity index (χ1v) is 10.6. The Balaban J connectivity index is 0.00000320. The SMILES string of the molecule is CN=C(NCCNC(=O)CC1CCCC1)N1CCc2cc(OC)c(OC)cc2C1.I. The van der Waals surface area contributed by atoms with E-state index in [0.29, 0.717) is 25.4 Å². The van der Waals surface area contributed by atoms with Crippen molar-refractivity contribution in [3.8, 4) is 11.5 Å². The van der Waals surface area contributed by atoms with Crippen molar-refractivity contribution < 1.29 is 14.3 Å². The van der Waals surface area contributed by atoms with Gasteiger partial charge < -0.3 is 25.0 Å². The average molecular weight is 530 g/mol. The third-order valence-electron chi connectivity index (χ3n) is 5.91. The molecule has 1 aliphatic carbocycles. The van der Waals surface area contributed by atoms with Crippen LogP contribution in [0.4, 0.5) is 0 Å². The highest BCUT2D eigenvalue weighted by atomic mass is 127. The largest absolute Gasteiger partial charge is 0.493 e. The normalized spacial score (nSPS) is 16.5. The topological polar surface area (TPSA) is 75.2 Å². The molecule has 1 aromatic rings. The molecule has 7 nitrogen and oxygen atoms in total. The Labute approximate surface area is 197 Å². The second kappa shape index (κ2) is 12.2. The second-order valence-corrected chi connectivity index (χ2v) is 7.83. The number of aliphatic imine (C=N–C) groups is 1. The van der Waals surface area contributed by atoms with Gasteiger partial charge in [0.05, 0.1) is 14.2 Å². The fourth-order valence-electron chi connectivity index (χ4n) is 4.32. The number of benzene rings is 1. The first kappa shape index (κ1) is 24.6. The predicted octanol–water partition coefficient (Wildman–Crippen LogP) is 2.95. The molecule has 2 aliphatic rings. The van der Waals surface area contributed by atoms with Gasteiger partial charge >= 0.3 is 0 Å². The lowest BCUT2D eigenvalue weighted by Crippen LogP contribution is -2.46. The maximum absolute atomic E-state index is 12.1. The van der Waals surface area contributed by atoms with Gasteiger partial charge in [-0.1, -0.05) is 12.8 Å². The van der Waals surface area contributed by atoms with E-state index in [1.54, 1.807) is 21.3 Å². The van der Waals surface area contributed by atoms with Crippen LogP contribution in [-0.2, 0) is 17.8 Å².